The van der Waals surface area contributed by atoms with E-state index in [4.69, 9.17) is 15.2 Å². The Kier molecular flexibility index (Phi) is 3.11. The van der Waals surface area contributed by atoms with E-state index in [2.05, 4.69) is 27.2 Å². The van der Waals surface area contributed by atoms with E-state index in [1.807, 2.05) is 24.3 Å². The van der Waals surface area contributed by atoms with E-state index in [1.54, 1.807) is 6.07 Å². The zero-order valence-corrected chi connectivity index (χ0v) is 12.5. The Bertz CT molecular complexity index is 883. The van der Waals surface area contributed by atoms with Gasteiger partial charge in [-0.1, -0.05) is 6.07 Å². The lowest BCUT2D eigenvalue weighted by Crippen LogP contribution is -2.09. The normalized spacial score (nSPS) is 14.0. The smallest absolute Gasteiger partial charge is 0.231 e. The molecule has 1 unspecified atom stereocenters. The molecule has 4 rings (SSSR count). The van der Waals surface area contributed by atoms with Crippen LogP contribution in [0.2, 0.25) is 0 Å². The van der Waals surface area contributed by atoms with Crippen molar-refractivity contribution in [1.29, 1.82) is 0 Å². The molecule has 3 heterocycles. The monoisotopic (exact) mass is 309 g/mol. The van der Waals surface area contributed by atoms with Crippen molar-refractivity contribution in [1.82, 2.24) is 15.0 Å². The predicted molar refractivity (Wildman–Crippen MR) is 86.3 cm³/mol. The van der Waals surface area contributed by atoms with Gasteiger partial charge in [0.1, 0.15) is 18.0 Å². The Morgan fingerprint density at radius 1 is 1.13 bits per heavy atom. The third-order valence-electron chi connectivity index (χ3n) is 3.77. The summed E-state index contributed by atoms with van der Waals surface area (Å²) in [6.45, 7) is 2.32. The first-order chi connectivity index (χ1) is 11.2. The highest BCUT2D eigenvalue weighted by Gasteiger charge is 2.16. The van der Waals surface area contributed by atoms with Gasteiger partial charge < -0.3 is 20.5 Å². The van der Waals surface area contributed by atoms with E-state index >= 15 is 0 Å². The lowest BCUT2D eigenvalue weighted by Gasteiger charge is -2.16. The Balaban J connectivity index is 1.65. The number of nitrogen functional groups attached to an aromatic ring is 1. The lowest BCUT2D eigenvalue weighted by atomic mass is 10.1. The van der Waals surface area contributed by atoms with E-state index in [0.29, 0.717) is 17.3 Å². The number of hydrogen-bond acceptors (Lipinski definition) is 7. The number of nitrogens with zero attached hydrogens (tertiary/aromatic N) is 3. The van der Waals surface area contributed by atoms with Gasteiger partial charge in [0.15, 0.2) is 17.1 Å². The summed E-state index contributed by atoms with van der Waals surface area (Å²) < 4.78 is 10.8. The number of ether oxygens (including phenoxy) is 2. The van der Waals surface area contributed by atoms with Crippen molar-refractivity contribution in [2.24, 2.45) is 0 Å². The van der Waals surface area contributed by atoms with Gasteiger partial charge in [0, 0.05) is 0 Å². The third kappa shape index (κ3) is 2.46. The van der Waals surface area contributed by atoms with Crippen molar-refractivity contribution in [2.45, 2.75) is 13.0 Å². The number of rotatable bonds is 3. The minimum Gasteiger partial charge on any atom is -0.454 e. The number of pyridine rings is 1. The van der Waals surface area contributed by atoms with Crippen LogP contribution in [0, 0.1) is 0 Å². The highest BCUT2D eigenvalue weighted by Crippen LogP contribution is 2.35. The molecule has 0 fully saturated rings. The van der Waals surface area contributed by atoms with Gasteiger partial charge in [-0.2, -0.15) is 0 Å². The molecule has 23 heavy (non-hydrogen) atoms. The largest absolute Gasteiger partial charge is 0.454 e. The first kappa shape index (κ1) is 13.6. The van der Waals surface area contributed by atoms with Crippen molar-refractivity contribution in [3.63, 3.8) is 0 Å². The molecule has 0 radical (unpaired) electrons. The van der Waals surface area contributed by atoms with Crippen molar-refractivity contribution in [3.8, 4) is 11.5 Å². The second kappa shape index (κ2) is 5.28. The van der Waals surface area contributed by atoms with Crippen LogP contribution in [0.25, 0.3) is 11.0 Å². The molecule has 116 valence electrons. The molecule has 1 aliphatic heterocycles. The molecule has 2 aromatic heterocycles. The van der Waals surface area contributed by atoms with E-state index in [9.17, 15) is 0 Å². The zero-order valence-electron chi connectivity index (χ0n) is 12.5. The van der Waals surface area contributed by atoms with E-state index < -0.39 is 0 Å². The summed E-state index contributed by atoms with van der Waals surface area (Å²) in [5, 5.41) is 4.21. The summed E-state index contributed by atoms with van der Waals surface area (Å²) in [5.74, 6) is 2.69. The molecule has 0 saturated carbocycles. The van der Waals surface area contributed by atoms with Crippen molar-refractivity contribution in [3.05, 3.63) is 42.2 Å². The van der Waals surface area contributed by atoms with Crippen LogP contribution < -0.4 is 20.5 Å². The topological polar surface area (TPSA) is 95.2 Å². The second-order valence-electron chi connectivity index (χ2n) is 5.31. The quantitative estimate of drug-likeness (QED) is 0.767. The van der Waals surface area contributed by atoms with Crippen LogP contribution in [0.1, 0.15) is 18.5 Å². The first-order valence-corrected chi connectivity index (χ1v) is 7.24. The van der Waals surface area contributed by atoms with Crippen molar-refractivity contribution < 1.29 is 9.47 Å². The Morgan fingerprint density at radius 3 is 2.91 bits per heavy atom. The van der Waals surface area contributed by atoms with Gasteiger partial charge in [-0.15, -0.1) is 0 Å². The SMILES string of the molecule is CC(Nc1ncnc2nc(N)ccc12)c1ccc2c(c1)OCO2. The van der Waals surface area contributed by atoms with Crippen LogP contribution in [0.15, 0.2) is 36.7 Å². The molecule has 3 N–H and O–H groups in total. The molecule has 3 aromatic rings. The Labute approximate surface area is 132 Å². The van der Waals surface area contributed by atoms with E-state index in [0.717, 1.165) is 22.4 Å². The standard InChI is InChI=1S/C16H15N5O2/c1-9(10-2-4-12-13(6-10)23-8-22-12)20-15-11-3-5-14(17)21-16(11)19-7-18-15/h2-7,9H,8H2,1H3,(H3,17,18,19,20,21). The number of fused-ring (bicyclic) bond motifs is 2. The zero-order chi connectivity index (χ0) is 15.8. The molecule has 0 amide bonds. The molecule has 1 aliphatic rings. The summed E-state index contributed by atoms with van der Waals surface area (Å²) >= 11 is 0. The highest BCUT2D eigenvalue weighted by molar-refractivity contribution is 5.87. The van der Waals surface area contributed by atoms with Gasteiger partial charge in [0.2, 0.25) is 6.79 Å². The molecular weight excluding hydrogens is 294 g/mol. The average molecular weight is 309 g/mol. The van der Waals surface area contributed by atoms with Crippen molar-refractivity contribution >= 4 is 22.7 Å². The maximum atomic E-state index is 5.70. The maximum absolute atomic E-state index is 5.70. The molecule has 7 nitrogen and oxygen atoms in total. The average Bonchev–Trinajstić information content (AvgIpc) is 3.02. The number of aromatic nitrogens is 3. The molecule has 7 heteroatoms. The summed E-state index contributed by atoms with van der Waals surface area (Å²) in [5.41, 5.74) is 7.34. The van der Waals surface area contributed by atoms with Crippen LogP contribution in [0.5, 0.6) is 11.5 Å². The minimum absolute atomic E-state index is 0.0279. The Hall–Kier alpha value is -3.09. The third-order valence-corrected chi connectivity index (χ3v) is 3.77. The van der Waals surface area contributed by atoms with Gasteiger partial charge in [-0.3, -0.25) is 0 Å². The van der Waals surface area contributed by atoms with Crippen LogP contribution in [0.4, 0.5) is 11.6 Å². The fraction of sp³-hybridized carbons (Fsp3) is 0.188. The molecule has 0 bridgehead atoms. The van der Waals surface area contributed by atoms with E-state index in [1.165, 1.54) is 6.33 Å². The minimum atomic E-state index is 0.0279. The molecule has 0 saturated heterocycles. The van der Waals surface area contributed by atoms with Gasteiger partial charge >= 0.3 is 0 Å². The van der Waals surface area contributed by atoms with Gasteiger partial charge in [-0.05, 0) is 36.8 Å². The number of nitrogens with one attached hydrogen (secondary N) is 1. The fourth-order valence-corrected chi connectivity index (χ4v) is 2.54. The molecule has 1 atom stereocenters. The fourth-order valence-electron chi connectivity index (χ4n) is 2.54. The van der Waals surface area contributed by atoms with Gasteiger partial charge in [0.05, 0.1) is 11.4 Å². The van der Waals surface area contributed by atoms with Gasteiger partial charge in [0.25, 0.3) is 0 Å². The van der Waals surface area contributed by atoms with Crippen molar-refractivity contribution in [2.75, 3.05) is 17.8 Å². The second-order valence-corrected chi connectivity index (χ2v) is 5.31. The van der Waals surface area contributed by atoms with Gasteiger partial charge in [-0.25, -0.2) is 15.0 Å². The van der Waals surface area contributed by atoms with Crippen LogP contribution in [-0.4, -0.2) is 21.7 Å². The Morgan fingerprint density at radius 2 is 2.00 bits per heavy atom. The van der Waals surface area contributed by atoms with E-state index in [-0.39, 0.29) is 12.8 Å². The number of benzene rings is 1. The number of hydrogen-bond donors (Lipinski definition) is 2. The lowest BCUT2D eigenvalue weighted by molar-refractivity contribution is 0.174. The molecular formula is C16H15N5O2. The summed E-state index contributed by atoms with van der Waals surface area (Å²) in [7, 11) is 0. The summed E-state index contributed by atoms with van der Waals surface area (Å²) in [6.07, 6.45) is 1.48. The van der Waals surface area contributed by atoms with Crippen LogP contribution in [-0.2, 0) is 0 Å². The predicted octanol–water partition coefficient (Wildman–Crippen LogP) is 2.51. The first-order valence-electron chi connectivity index (χ1n) is 7.24. The van der Waals surface area contributed by atoms with Crippen LogP contribution >= 0.6 is 0 Å². The number of nitrogens with two attached hydrogens (primary N) is 1. The molecule has 1 aromatic carbocycles. The molecule has 0 spiro atoms. The number of anilines is 2. The molecule has 0 aliphatic carbocycles. The highest BCUT2D eigenvalue weighted by atomic mass is 16.7. The summed E-state index contributed by atoms with van der Waals surface area (Å²) in [4.78, 5) is 12.7. The maximum Gasteiger partial charge on any atom is 0.231 e. The summed E-state index contributed by atoms with van der Waals surface area (Å²) in [6, 6.07) is 9.52. The van der Waals surface area contributed by atoms with Crippen LogP contribution in [0.3, 0.4) is 0 Å².